The quantitative estimate of drug-likeness (QED) is 0.696. The maximum absolute atomic E-state index is 8.92. The summed E-state index contributed by atoms with van der Waals surface area (Å²) in [5, 5.41) is 23.1. The maximum atomic E-state index is 8.92. The van der Waals surface area contributed by atoms with Crippen LogP contribution in [-0.4, -0.2) is 5.66 Å². The molecule has 0 saturated carbocycles. The highest BCUT2D eigenvalue weighted by molar-refractivity contribution is 5.21. The molecule has 14 heavy (non-hydrogen) atoms. The lowest BCUT2D eigenvalue weighted by Crippen LogP contribution is -2.21. The van der Waals surface area contributed by atoms with Crippen LogP contribution in [0.5, 0.6) is 0 Å². The first-order valence-corrected chi connectivity index (χ1v) is 4.14. The van der Waals surface area contributed by atoms with Crippen molar-refractivity contribution in [2.24, 2.45) is 20.7 Å². The number of nitriles is 1. The average Bonchev–Trinajstić information content (AvgIpc) is 2.69. The Labute approximate surface area is 80.8 Å². The molecule has 1 aliphatic heterocycles. The Morgan fingerprint density at radius 2 is 1.79 bits per heavy atom. The lowest BCUT2D eigenvalue weighted by atomic mass is 10.0. The van der Waals surface area contributed by atoms with E-state index in [2.05, 4.69) is 20.7 Å². The number of hydrogen-bond donors (Lipinski definition) is 0. The number of hydrogen-bond acceptors (Lipinski definition) is 5. The van der Waals surface area contributed by atoms with Gasteiger partial charge in [0, 0.05) is 6.42 Å². The second kappa shape index (κ2) is 3.34. The highest BCUT2D eigenvalue weighted by Gasteiger charge is 2.33. The molecular formula is C9H7N5. The van der Waals surface area contributed by atoms with Crippen LogP contribution in [-0.2, 0) is 6.42 Å². The summed E-state index contributed by atoms with van der Waals surface area (Å²) >= 11 is 0. The molecule has 0 aliphatic carbocycles. The molecule has 0 atom stereocenters. The second-order valence-corrected chi connectivity index (χ2v) is 2.97. The van der Waals surface area contributed by atoms with Crippen molar-refractivity contribution in [2.75, 3.05) is 0 Å². The van der Waals surface area contributed by atoms with Gasteiger partial charge in [0.1, 0.15) is 6.07 Å². The standard InChI is InChI=1S/C9H7N5/c10-7-9(11-13-14-12-9)6-8-4-2-1-3-5-8/h1-5H,6H2. The van der Waals surface area contributed by atoms with Crippen molar-refractivity contribution >= 4 is 0 Å². The van der Waals surface area contributed by atoms with Crippen LogP contribution in [0.2, 0.25) is 0 Å². The van der Waals surface area contributed by atoms with Gasteiger partial charge in [0.05, 0.1) is 0 Å². The molecular weight excluding hydrogens is 178 g/mol. The topological polar surface area (TPSA) is 73.2 Å². The number of benzene rings is 1. The first-order valence-electron chi connectivity index (χ1n) is 4.14. The fourth-order valence-corrected chi connectivity index (χ4v) is 1.24. The van der Waals surface area contributed by atoms with Crippen LogP contribution in [0.4, 0.5) is 0 Å². The molecule has 1 aromatic carbocycles. The minimum absolute atomic E-state index is 0.414. The van der Waals surface area contributed by atoms with E-state index in [1.807, 2.05) is 36.4 Å². The van der Waals surface area contributed by atoms with Crippen LogP contribution >= 0.6 is 0 Å². The summed E-state index contributed by atoms with van der Waals surface area (Å²) in [4.78, 5) is 0. The number of nitrogens with zero attached hydrogens (tertiary/aromatic N) is 5. The van der Waals surface area contributed by atoms with Gasteiger partial charge in [-0.15, -0.1) is 10.2 Å². The predicted molar refractivity (Wildman–Crippen MR) is 48.2 cm³/mol. The molecule has 1 aliphatic rings. The first kappa shape index (κ1) is 8.51. The van der Waals surface area contributed by atoms with Gasteiger partial charge in [-0.25, -0.2) is 0 Å². The molecule has 1 aromatic rings. The molecule has 0 aromatic heterocycles. The number of rotatable bonds is 2. The second-order valence-electron chi connectivity index (χ2n) is 2.97. The van der Waals surface area contributed by atoms with Crippen LogP contribution in [0.25, 0.3) is 0 Å². The fourth-order valence-electron chi connectivity index (χ4n) is 1.24. The Bertz CT molecular complexity index is 403. The third kappa shape index (κ3) is 1.50. The summed E-state index contributed by atoms with van der Waals surface area (Å²) in [7, 11) is 0. The lowest BCUT2D eigenvalue weighted by Gasteiger charge is -2.09. The monoisotopic (exact) mass is 185 g/mol. The Kier molecular flexibility index (Phi) is 2.03. The molecule has 5 heteroatoms. The SMILES string of the molecule is N#CC1(Cc2ccccc2)N=NN=N1. The van der Waals surface area contributed by atoms with E-state index in [-0.39, 0.29) is 0 Å². The zero-order valence-corrected chi connectivity index (χ0v) is 7.33. The van der Waals surface area contributed by atoms with E-state index in [0.717, 1.165) is 5.56 Å². The summed E-state index contributed by atoms with van der Waals surface area (Å²) in [5.74, 6) is 0. The Morgan fingerprint density at radius 1 is 1.14 bits per heavy atom. The normalized spacial score (nSPS) is 16.8. The van der Waals surface area contributed by atoms with Gasteiger partial charge in [0.2, 0.25) is 0 Å². The van der Waals surface area contributed by atoms with Crippen molar-refractivity contribution < 1.29 is 0 Å². The van der Waals surface area contributed by atoms with Crippen molar-refractivity contribution in [3.63, 3.8) is 0 Å². The van der Waals surface area contributed by atoms with E-state index in [1.54, 1.807) is 0 Å². The van der Waals surface area contributed by atoms with E-state index in [9.17, 15) is 0 Å². The van der Waals surface area contributed by atoms with E-state index >= 15 is 0 Å². The van der Waals surface area contributed by atoms with Gasteiger partial charge in [-0.1, -0.05) is 30.3 Å². The van der Waals surface area contributed by atoms with Gasteiger partial charge in [0.25, 0.3) is 5.66 Å². The average molecular weight is 185 g/mol. The highest BCUT2D eigenvalue weighted by Crippen LogP contribution is 2.23. The van der Waals surface area contributed by atoms with E-state index in [0.29, 0.717) is 6.42 Å². The van der Waals surface area contributed by atoms with Crippen molar-refractivity contribution in [3.05, 3.63) is 35.9 Å². The zero-order valence-electron chi connectivity index (χ0n) is 7.33. The lowest BCUT2D eigenvalue weighted by molar-refractivity contribution is 0.562. The Balaban J connectivity index is 2.23. The van der Waals surface area contributed by atoms with Crippen LogP contribution in [0.15, 0.2) is 51.0 Å². The van der Waals surface area contributed by atoms with E-state index < -0.39 is 5.66 Å². The van der Waals surface area contributed by atoms with Crippen molar-refractivity contribution in [2.45, 2.75) is 12.1 Å². The summed E-state index contributed by atoms with van der Waals surface area (Å²) in [6.45, 7) is 0. The molecule has 5 nitrogen and oxygen atoms in total. The van der Waals surface area contributed by atoms with E-state index in [1.165, 1.54) is 0 Å². The molecule has 0 amide bonds. The van der Waals surface area contributed by atoms with Crippen LogP contribution in [0.3, 0.4) is 0 Å². The van der Waals surface area contributed by atoms with Crippen molar-refractivity contribution in [1.82, 2.24) is 0 Å². The molecule has 1 heterocycles. The predicted octanol–water partition coefficient (Wildman–Crippen LogP) is 2.28. The van der Waals surface area contributed by atoms with E-state index in [4.69, 9.17) is 5.26 Å². The van der Waals surface area contributed by atoms with Crippen LogP contribution in [0.1, 0.15) is 5.56 Å². The molecule has 68 valence electrons. The van der Waals surface area contributed by atoms with Gasteiger partial charge in [-0.3, -0.25) is 0 Å². The van der Waals surface area contributed by atoms with Crippen molar-refractivity contribution in [1.29, 1.82) is 5.26 Å². The summed E-state index contributed by atoms with van der Waals surface area (Å²) in [6.07, 6.45) is 0.414. The molecule has 2 rings (SSSR count). The summed E-state index contributed by atoms with van der Waals surface area (Å²) in [6, 6.07) is 11.6. The van der Waals surface area contributed by atoms with Crippen LogP contribution in [0, 0.1) is 11.3 Å². The first-order chi connectivity index (χ1) is 6.85. The molecule has 0 unspecified atom stereocenters. The largest absolute Gasteiger partial charge is 0.283 e. The van der Waals surface area contributed by atoms with Gasteiger partial charge >= 0.3 is 0 Å². The summed E-state index contributed by atoms with van der Waals surface area (Å²) in [5.41, 5.74) is -0.143. The Hall–Kier alpha value is -2.09. The van der Waals surface area contributed by atoms with Gasteiger partial charge in [0.15, 0.2) is 0 Å². The van der Waals surface area contributed by atoms with Gasteiger partial charge < -0.3 is 0 Å². The zero-order chi connectivity index (χ0) is 9.86. The van der Waals surface area contributed by atoms with Crippen molar-refractivity contribution in [3.8, 4) is 6.07 Å². The molecule has 0 fully saturated rings. The van der Waals surface area contributed by atoms with Gasteiger partial charge in [-0.2, -0.15) is 5.26 Å². The third-order valence-corrected chi connectivity index (χ3v) is 1.93. The smallest absolute Gasteiger partial charge is 0.193 e. The van der Waals surface area contributed by atoms with Gasteiger partial charge in [-0.05, 0) is 16.0 Å². The molecule has 0 spiro atoms. The van der Waals surface area contributed by atoms with Crippen LogP contribution < -0.4 is 0 Å². The maximum Gasteiger partial charge on any atom is 0.283 e. The molecule has 0 radical (unpaired) electrons. The minimum atomic E-state index is -1.14. The molecule has 0 N–H and O–H groups in total. The minimum Gasteiger partial charge on any atom is -0.193 e. The summed E-state index contributed by atoms with van der Waals surface area (Å²) < 4.78 is 0. The molecule has 0 saturated heterocycles. The Morgan fingerprint density at radius 3 is 2.36 bits per heavy atom. The molecule has 0 bridgehead atoms. The highest BCUT2D eigenvalue weighted by atomic mass is 15.6. The third-order valence-electron chi connectivity index (χ3n) is 1.93. The fraction of sp³-hybridized carbons (Fsp3) is 0.222.